The summed E-state index contributed by atoms with van der Waals surface area (Å²) in [5.74, 6) is 0.225. The predicted molar refractivity (Wildman–Crippen MR) is 121 cm³/mol. The van der Waals surface area contributed by atoms with E-state index in [0.29, 0.717) is 11.1 Å². The number of carbonyl (C=O) groups excluding carboxylic acids is 1. The van der Waals surface area contributed by atoms with E-state index in [9.17, 15) is 9.18 Å². The fourth-order valence-electron chi connectivity index (χ4n) is 3.84. The monoisotopic (exact) mass is 449 g/mol. The molecule has 0 bridgehead atoms. The van der Waals surface area contributed by atoms with Gasteiger partial charge in [0.15, 0.2) is 5.54 Å². The van der Waals surface area contributed by atoms with Gasteiger partial charge in [0.2, 0.25) is 5.95 Å². The van der Waals surface area contributed by atoms with Crippen LogP contribution in [0.1, 0.15) is 30.5 Å². The number of amidine groups is 1. The normalized spacial score (nSPS) is 17.3. The molecule has 0 amide bonds. The molecule has 1 atom stereocenters. The third kappa shape index (κ3) is 4.50. The predicted octanol–water partition coefficient (Wildman–Crippen LogP) is 4.29. The first kappa shape index (κ1) is 22.3. The summed E-state index contributed by atoms with van der Waals surface area (Å²) in [6.45, 7) is 6.31. The van der Waals surface area contributed by atoms with Crippen molar-refractivity contribution in [3.8, 4) is 16.9 Å². The zero-order valence-corrected chi connectivity index (χ0v) is 18.5. The van der Waals surface area contributed by atoms with Gasteiger partial charge in [-0.25, -0.2) is 9.98 Å². The van der Waals surface area contributed by atoms with E-state index in [1.165, 1.54) is 6.20 Å². The van der Waals surface area contributed by atoms with Gasteiger partial charge in [-0.3, -0.25) is 4.79 Å². The van der Waals surface area contributed by atoms with Crippen molar-refractivity contribution in [2.45, 2.75) is 32.4 Å². The lowest BCUT2D eigenvalue weighted by atomic mass is 9.82. The molecule has 0 fully saturated rings. The van der Waals surface area contributed by atoms with Gasteiger partial charge < -0.3 is 14.3 Å². The molecule has 4 rings (SSSR count). The van der Waals surface area contributed by atoms with Crippen molar-refractivity contribution in [1.82, 2.24) is 10.5 Å². The van der Waals surface area contributed by atoms with Gasteiger partial charge in [-0.1, -0.05) is 24.3 Å². The number of hydrogen-bond acceptors (Lipinski definition) is 7. The van der Waals surface area contributed by atoms with Crippen LogP contribution in [0.2, 0.25) is 0 Å². The average Bonchev–Trinajstić information content (AvgIpc) is 3.25. The van der Waals surface area contributed by atoms with Crippen LogP contribution in [0.4, 0.5) is 4.39 Å². The number of aryl methyl sites for hydroxylation is 1. The van der Waals surface area contributed by atoms with E-state index in [1.54, 1.807) is 12.1 Å². The summed E-state index contributed by atoms with van der Waals surface area (Å²) >= 11 is 0. The van der Waals surface area contributed by atoms with Crippen molar-refractivity contribution in [3.63, 3.8) is 0 Å². The van der Waals surface area contributed by atoms with Crippen LogP contribution in [0.3, 0.4) is 0 Å². The van der Waals surface area contributed by atoms with Gasteiger partial charge >= 0.3 is 12.5 Å². The van der Waals surface area contributed by atoms with E-state index in [0.717, 1.165) is 22.4 Å². The molecule has 0 spiro atoms. The van der Waals surface area contributed by atoms with Crippen molar-refractivity contribution >= 4 is 12.5 Å². The highest BCUT2D eigenvalue weighted by molar-refractivity contribution is 5.77. The Morgan fingerprint density at radius 1 is 1.15 bits per heavy atom. The minimum atomic E-state index is -0.954. The van der Waals surface area contributed by atoms with Crippen molar-refractivity contribution in [3.05, 3.63) is 83.4 Å². The highest BCUT2D eigenvalue weighted by atomic mass is 19.1. The molecule has 0 aliphatic carbocycles. The molecule has 0 radical (unpaired) electrons. The van der Waals surface area contributed by atoms with Gasteiger partial charge in [-0.05, 0) is 73.4 Å². The first-order valence-electron chi connectivity index (χ1n) is 10.5. The smallest absolute Gasteiger partial charge is 0.320 e. The van der Waals surface area contributed by atoms with E-state index >= 15 is 0 Å². The van der Waals surface area contributed by atoms with Crippen LogP contribution in [0, 0.1) is 12.9 Å². The number of benzene rings is 2. The third-order valence-corrected chi connectivity index (χ3v) is 5.33. The van der Waals surface area contributed by atoms with Crippen LogP contribution in [-0.4, -0.2) is 30.2 Å². The minimum Gasteiger partial charge on any atom is -0.491 e. The molecule has 2 heterocycles. The molecule has 1 aliphatic heterocycles. The second kappa shape index (κ2) is 9.28. The Labute approximate surface area is 191 Å². The molecular formula is C25H24FN3O4. The van der Waals surface area contributed by atoms with Crippen molar-refractivity contribution in [1.29, 1.82) is 0 Å². The van der Waals surface area contributed by atoms with E-state index in [-0.39, 0.29) is 25.2 Å². The minimum absolute atomic E-state index is 0.0405. The van der Waals surface area contributed by atoms with Gasteiger partial charge in [0.25, 0.3) is 0 Å². The maximum absolute atomic E-state index is 14.4. The van der Waals surface area contributed by atoms with Gasteiger partial charge in [-0.15, -0.1) is 0 Å². The second-order valence-electron chi connectivity index (χ2n) is 7.95. The number of aliphatic imine (C=N–C) groups is 1. The van der Waals surface area contributed by atoms with Crippen molar-refractivity contribution < 1.29 is 23.5 Å². The molecule has 8 heteroatoms. The summed E-state index contributed by atoms with van der Waals surface area (Å²) in [6, 6.07) is 16.7. The first-order valence-corrected chi connectivity index (χ1v) is 10.5. The summed E-state index contributed by atoms with van der Waals surface area (Å²) in [5.41, 5.74) is 5.06. The molecular weight excluding hydrogens is 425 g/mol. The largest absolute Gasteiger partial charge is 0.491 e. The van der Waals surface area contributed by atoms with Gasteiger partial charge in [0.1, 0.15) is 12.4 Å². The van der Waals surface area contributed by atoms with Crippen LogP contribution in [-0.2, 0) is 19.9 Å². The quantitative estimate of drug-likeness (QED) is 0.329. The van der Waals surface area contributed by atoms with Gasteiger partial charge in [0.05, 0.1) is 6.10 Å². The number of halogens is 1. The summed E-state index contributed by atoms with van der Waals surface area (Å²) in [4.78, 5) is 23.7. The highest BCUT2D eigenvalue weighted by Gasteiger charge is 2.41. The maximum Gasteiger partial charge on any atom is 0.320 e. The molecule has 2 aromatic carbocycles. The standard InChI is InChI=1S/C25H24FN3O4/c1-16(2)33-22-10-9-20(12-17(22)3)25(14-31-24(28-25)29-32-15-30)19-7-4-6-18(13-19)21-8-5-11-27-23(21)26/h4-13,15-16H,14H2,1-3H3,(H,28,29). The van der Waals surface area contributed by atoms with E-state index in [2.05, 4.69) is 15.3 Å². The fraction of sp³-hybridized carbons (Fsp3) is 0.240. The number of pyridine rings is 1. The lowest BCUT2D eigenvalue weighted by molar-refractivity contribution is -0.132. The molecule has 1 aromatic heterocycles. The molecule has 170 valence electrons. The molecule has 7 nitrogen and oxygen atoms in total. The number of rotatable bonds is 7. The molecule has 33 heavy (non-hydrogen) atoms. The number of ether oxygens (including phenoxy) is 2. The molecule has 1 aliphatic rings. The summed E-state index contributed by atoms with van der Waals surface area (Å²) in [7, 11) is 0. The third-order valence-electron chi connectivity index (χ3n) is 5.33. The number of aromatic nitrogens is 1. The van der Waals surface area contributed by atoms with Crippen LogP contribution in [0.5, 0.6) is 5.75 Å². The zero-order valence-electron chi connectivity index (χ0n) is 18.5. The Hall–Kier alpha value is -3.94. The lowest BCUT2D eigenvalue weighted by Gasteiger charge is -2.27. The maximum atomic E-state index is 14.4. The first-order chi connectivity index (χ1) is 15.9. The van der Waals surface area contributed by atoms with Crippen LogP contribution in [0.25, 0.3) is 11.1 Å². The van der Waals surface area contributed by atoms with Gasteiger partial charge in [0, 0.05) is 11.8 Å². The summed E-state index contributed by atoms with van der Waals surface area (Å²) in [6.07, 6.45) is 1.45. The Morgan fingerprint density at radius 2 is 1.97 bits per heavy atom. The molecule has 0 saturated carbocycles. The summed E-state index contributed by atoms with van der Waals surface area (Å²) in [5, 5.41) is 0. The number of nitrogens with one attached hydrogen (secondary N) is 1. The summed E-state index contributed by atoms with van der Waals surface area (Å²) < 4.78 is 26.0. The van der Waals surface area contributed by atoms with Crippen LogP contribution < -0.4 is 10.2 Å². The second-order valence-corrected chi connectivity index (χ2v) is 7.95. The van der Waals surface area contributed by atoms with Gasteiger partial charge in [-0.2, -0.15) is 9.87 Å². The Bertz CT molecular complexity index is 1200. The fourth-order valence-corrected chi connectivity index (χ4v) is 3.84. The number of hydrogen-bond donors (Lipinski definition) is 1. The van der Waals surface area contributed by atoms with Crippen LogP contribution >= 0.6 is 0 Å². The number of hydroxylamine groups is 1. The zero-order chi connectivity index (χ0) is 23.4. The Morgan fingerprint density at radius 3 is 2.70 bits per heavy atom. The van der Waals surface area contributed by atoms with E-state index < -0.39 is 11.5 Å². The lowest BCUT2D eigenvalue weighted by Crippen LogP contribution is -2.27. The molecule has 0 saturated heterocycles. The number of carbonyl (C=O) groups is 1. The molecule has 1 unspecified atom stereocenters. The van der Waals surface area contributed by atoms with E-state index in [4.69, 9.17) is 14.5 Å². The number of nitrogens with zero attached hydrogens (tertiary/aromatic N) is 2. The topological polar surface area (TPSA) is 82.0 Å². The van der Waals surface area contributed by atoms with Crippen molar-refractivity contribution in [2.75, 3.05) is 6.61 Å². The Balaban J connectivity index is 1.83. The van der Waals surface area contributed by atoms with E-state index in [1.807, 2.05) is 63.2 Å². The van der Waals surface area contributed by atoms with Crippen molar-refractivity contribution in [2.24, 2.45) is 4.99 Å². The SMILES string of the molecule is Cc1cc(C2(c3cccc(-c4cccnc4F)c3)COC(NOC=O)=N2)ccc1OC(C)C. The highest BCUT2D eigenvalue weighted by Crippen LogP contribution is 2.40. The Kier molecular flexibility index (Phi) is 6.26. The molecule has 3 aromatic rings. The van der Waals surface area contributed by atoms with Crippen LogP contribution in [0.15, 0.2) is 65.8 Å². The molecule has 1 N–H and O–H groups in total. The average molecular weight is 449 g/mol.